The van der Waals surface area contributed by atoms with Gasteiger partial charge in [-0.1, -0.05) is 30.3 Å². The number of nitro benzene ring substituents is 1. The molecular weight excluding hydrogens is 300 g/mol. The van der Waals surface area contributed by atoms with Gasteiger partial charge in [0.2, 0.25) is 5.91 Å². The van der Waals surface area contributed by atoms with Gasteiger partial charge in [-0.05, 0) is 24.3 Å². The van der Waals surface area contributed by atoms with E-state index in [-0.39, 0.29) is 21.8 Å². The van der Waals surface area contributed by atoms with Crippen LogP contribution in [0.1, 0.15) is 16.4 Å². The summed E-state index contributed by atoms with van der Waals surface area (Å²) in [7, 11) is 0. The van der Waals surface area contributed by atoms with E-state index in [9.17, 15) is 14.9 Å². The van der Waals surface area contributed by atoms with E-state index < -0.39 is 0 Å². The van der Waals surface area contributed by atoms with Crippen LogP contribution in [0.15, 0.2) is 36.4 Å². The van der Waals surface area contributed by atoms with Crippen molar-refractivity contribution in [2.45, 2.75) is 12.2 Å². The first-order chi connectivity index (χ1) is 10.5. The molecule has 5 nitrogen and oxygen atoms in total. The Bertz CT molecular complexity index is 789. The van der Waals surface area contributed by atoms with E-state index in [1.807, 2.05) is 37.4 Å². The van der Waals surface area contributed by atoms with Crippen molar-refractivity contribution in [2.24, 2.45) is 0 Å². The number of hydrogen-bond donors (Lipinski definition) is 1. The predicted octanol–water partition coefficient (Wildman–Crippen LogP) is 3.93. The molecule has 6 heteroatoms. The Hall–Kier alpha value is -2.34. The third-order valence-corrected chi connectivity index (χ3v) is 4.76. The van der Waals surface area contributed by atoms with Crippen LogP contribution >= 0.6 is 11.8 Å². The highest BCUT2D eigenvalue weighted by atomic mass is 32.2. The van der Waals surface area contributed by atoms with Gasteiger partial charge in [0.1, 0.15) is 5.25 Å². The Morgan fingerprint density at radius 2 is 1.95 bits per heavy atom. The van der Waals surface area contributed by atoms with E-state index in [1.165, 1.54) is 17.8 Å². The van der Waals surface area contributed by atoms with Crippen molar-refractivity contribution in [1.82, 2.24) is 0 Å². The van der Waals surface area contributed by atoms with E-state index in [4.69, 9.17) is 0 Å². The zero-order valence-electron chi connectivity index (χ0n) is 12.1. The monoisotopic (exact) mass is 314 g/mol. The first-order valence-electron chi connectivity index (χ1n) is 6.75. The highest BCUT2D eigenvalue weighted by Crippen LogP contribution is 2.46. The molecular formula is C16H14N2O3S. The summed E-state index contributed by atoms with van der Waals surface area (Å²) in [5.74, 6) is -0.0776. The van der Waals surface area contributed by atoms with Crippen LogP contribution in [0.3, 0.4) is 0 Å². The lowest BCUT2D eigenvalue weighted by Gasteiger charge is -2.12. The van der Waals surface area contributed by atoms with E-state index in [0.717, 1.165) is 11.1 Å². The number of nitrogens with zero attached hydrogens (tertiary/aromatic N) is 1. The zero-order valence-corrected chi connectivity index (χ0v) is 12.9. The van der Waals surface area contributed by atoms with Gasteiger partial charge in [-0.2, -0.15) is 0 Å². The second kappa shape index (κ2) is 5.46. The van der Waals surface area contributed by atoms with Crippen molar-refractivity contribution >= 4 is 29.0 Å². The summed E-state index contributed by atoms with van der Waals surface area (Å²) >= 11 is 1.46. The molecule has 1 aliphatic heterocycles. The van der Waals surface area contributed by atoms with Crippen LogP contribution in [0.2, 0.25) is 0 Å². The summed E-state index contributed by atoms with van der Waals surface area (Å²) in [6.45, 7) is 1.84. The average Bonchev–Trinajstić information content (AvgIpc) is 2.82. The van der Waals surface area contributed by atoms with Crippen LogP contribution in [-0.4, -0.2) is 17.1 Å². The third kappa shape index (κ3) is 2.16. The van der Waals surface area contributed by atoms with Gasteiger partial charge in [0, 0.05) is 11.6 Å². The second-order valence-corrected chi connectivity index (χ2v) is 6.04. The van der Waals surface area contributed by atoms with Gasteiger partial charge in [-0.3, -0.25) is 14.9 Å². The number of fused-ring (bicyclic) bond motifs is 1. The highest BCUT2D eigenvalue weighted by molar-refractivity contribution is 7.99. The standard InChI is InChI=1S/C16H14N2O3S/c1-9-5-3-8-12(18(20)21)13(9)10-6-4-7-11-14(10)17-16(19)15(11)22-2/h3-8,15H,1-2H3,(H,17,19). The van der Waals surface area contributed by atoms with Crippen molar-refractivity contribution in [3.8, 4) is 11.1 Å². The molecule has 1 aliphatic rings. The summed E-state index contributed by atoms with van der Waals surface area (Å²) in [4.78, 5) is 23.0. The molecule has 0 radical (unpaired) electrons. The number of aryl methyl sites for hydroxylation is 1. The maximum absolute atomic E-state index is 12.1. The molecule has 1 heterocycles. The Morgan fingerprint density at radius 1 is 1.23 bits per heavy atom. The third-order valence-electron chi connectivity index (χ3n) is 3.82. The van der Waals surface area contributed by atoms with E-state index >= 15 is 0 Å². The molecule has 0 saturated heterocycles. The molecule has 112 valence electrons. The highest BCUT2D eigenvalue weighted by Gasteiger charge is 2.33. The number of carbonyl (C=O) groups is 1. The van der Waals surface area contributed by atoms with Crippen molar-refractivity contribution < 1.29 is 9.72 Å². The largest absolute Gasteiger partial charge is 0.324 e. The van der Waals surface area contributed by atoms with Crippen molar-refractivity contribution in [3.63, 3.8) is 0 Å². The number of para-hydroxylation sites is 1. The van der Waals surface area contributed by atoms with Crippen molar-refractivity contribution in [3.05, 3.63) is 57.6 Å². The molecule has 1 N–H and O–H groups in total. The van der Waals surface area contributed by atoms with Gasteiger partial charge in [0.25, 0.3) is 5.69 Å². The topological polar surface area (TPSA) is 72.2 Å². The molecule has 3 rings (SSSR count). The molecule has 1 unspecified atom stereocenters. The van der Waals surface area contributed by atoms with E-state index in [2.05, 4.69) is 5.32 Å². The molecule has 1 amide bonds. The van der Waals surface area contributed by atoms with Crippen molar-refractivity contribution in [1.29, 1.82) is 0 Å². The van der Waals surface area contributed by atoms with E-state index in [0.29, 0.717) is 16.8 Å². The number of anilines is 1. The second-order valence-electron chi connectivity index (χ2n) is 5.10. The number of thioether (sulfide) groups is 1. The summed E-state index contributed by atoms with van der Waals surface area (Å²) < 4.78 is 0. The van der Waals surface area contributed by atoms with Gasteiger partial charge in [0.05, 0.1) is 16.2 Å². The Labute approximate surface area is 131 Å². The number of nitrogens with one attached hydrogen (secondary N) is 1. The summed E-state index contributed by atoms with van der Waals surface area (Å²) in [6, 6.07) is 10.5. The van der Waals surface area contributed by atoms with Crippen LogP contribution in [0.25, 0.3) is 11.1 Å². The fourth-order valence-corrected chi connectivity index (χ4v) is 3.58. The zero-order chi connectivity index (χ0) is 15.9. The summed E-state index contributed by atoms with van der Waals surface area (Å²) in [5, 5.41) is 14.0. The van der Waals surface area contributed by atoms with Gasteiger partial charge in [0.15, 0.2) is 0 Å². The first kappa shape index (κ1) is 14.6. The number of hydrogen-bond acceptors (Lipinski definition) is 4. The Morgan fingerprint density at radius 3 is 2.64 bits per heavy atom. The maximum Gasteiger partial charge on any atom is 0.277 e. The fourth-order valence-electron chi connectivity index (χ4n) is 2.86. The van der Waals surface area contributed by atoms with Crippen LogP contribution in [0.4, 0.5) is 11.4 Å². The Balaban J connectivity index is 2.27. The lowest BCUT2D eigenvalue weighted by molar-refractivity contribution is -0.384. The fraction of sp³-hybridized carbons (Fsp3) is 0.188. The first-order valence-corrected chi connectivity index (χ1v) is 8.04. The number of nitro groups is 1. The molecule has 2 aromatic rings. The molecule has 0 aliphatic carbocycles. The number of rotatable bonds is 3. The van der Waals surface area contributed by atoms with Crippen LogP contribution in [0.5, 0.6) is 0 Å². The molecule has 0 fully saturated rings. The smallest absolute Gasteiger partial charge is 0.277 e. The predicted molar refractivity (Wildman–Crippen MR) is 88.2 cm³/mol. The minimum atomic E-state index is -0.384. The quantitative estimate of drug-likeness (QED) is 0.688. The number of benzene rings is 2. The number of amides is 1. The minimum Gasteiger partial charge on any atom is -0.324 e. The van der Waals surface area contributed by atoms with Gasteiger partial charge in [-0.25, -0.2) is 0 Å². The normalized spacial score (nSPS) is 16.3. The Kier molecular flexibility index (Phi) is 3.62. The SMILES string of the molecule is CSC1C(=O)Nc2c(-c3c(C)cccc3[N+](=O)[O-])cccc21. The average molecular weight is 314 g/mol. The number of carbonyl (C=O) groups excluding carboxylic acids is 1. The van der Waals surface area contributed by atoms with Gasteiger partial charge in [-0.15, -0.1) is 11.8 Å². The molecule has 0 spiro atoms. The lowest BCUT2D eigenvalue weighted by Crippen LogP contribution is -2.08. The molecule has 0 saturated carbocycles. The molecule has 0 aromatic heterocycles. The van der Waals surface area contributed by atoms with Crippen LogP contribution < -0.4 is 5.32 Å². The van der Waals surface area contributed by atoms with Crippen molar-refractivity contribution in [2.75, 3.05) is 11.6 Å². The molecule has 22 heavy (non-hydrogen) atoms. The maximum atomic E-state index is 12.1. The molecule has 1 atom stereocenters. The van der Waals surface area contributed by atoms with Crippen LogP contribution in [0, 0.1) is 17.0 Å². The molecule has 2 aromatic carbocycles. The lowest BCUT2D eigenvalue weighted by atomic mass is 9.95. The van der Waals surface area contributed by atoms with Gasteiger partial charge < -0.3 is 5.32 Å². The molecule has 0 bridgehead atoms. The van der Waals surface area contributed by atoms with Crippen LogP contribution in [-0.2, 0) is 4.79 Å². The minimum absolute atomic E-state index is 0.0512. The summed E-state index contributed by atoms with van der Waals surface area (Å²) in [6.07, 6.45) is 1.88. The van der Waals surface area contributed by atoms with Gasteiger partial charge >= 0.3 is 0 Å². The summed E-state index contributed by atoms with van der Waals surface area (Å²) in [5.41, 5.74) is 3.69. The van der Waals surface area contributed by atoms with E-state index in [1.54, 1.807) is 6.07 Å².